The van der Waals surface area contributed by atoms with Crippen molar-refractivity contribution in [2.45, 2.75) is 6.61 Å². The maximum absolute atomic E-state index is 12.2. The van der Waals surface area contributed by atoms with Gasteiger partial charge < -0.3 is 4.74 Å². The van der Waals surface area contributed by atoms with Crippen molar-refractivity contribution in [2.24, 2.45) is 0 Å². The van der Waals surface area contributed by atoms with Crippen LogP contribution in [0.15, 0.2) is 28.7 Å². The number of hydroxylamine groups is 1. The fraction of sp³-hybridized carbons (Fsp3) is 0.182. The summed E-state index contributed by atoms with van der Waals surface area (Å²) in [6.45, 7) is -2.92. The molecular weight excluding hydrogens is 312 g/mol. The molecule has 18 heavy (non-hydrogen) atoms. The first-order valence-corrected chi connectivity index (χ1v) is 5.57. The Hall–Kier alpha value is -1.47. The van der Waals surface area contributed by atoms with Gasteiger partial charge >= 0.3 is 6.61 Å². The van der Waals surface area contributed by atoms with Gasteiger partial charge in [-0.1, -0.05) is 15.9 Å². The third kappa shape index (κ3) is 4.80. The molecule has 1 aromatic rings. The molecule has 0 saturated heterocycles. The van der Waals surface area contributed by atoms with E-state index in [1.54, 1.807) is 12.1 Å². The number of halogens is 3. The smallest absolute Gasteiger partial charge is 0.387 e. The van der Waals surface area contributed by atoms with Crippen molar-refractivity contribution in [1.29, 1.82) is 0 Å². The number of carbonyl (C=O) groups excluding carboxylic acids is 1. The Kier molecular flexibility index (Phi) is 5.73. The molecule has 0 saturated carbocycles. The van der Waals surface area contributed by atoms with Crippen LogP contribution in [0.4, 0.5) is 8.78 Å². The Morgan fingerprint density at radius 1 is 1.50 bits per heavy atom. The van der Waals surface area contributed by atoms with Crippen LogP contribution in [0, 0.1) is 0 Å². The zero-order valence-electron chi connectivity index (χ0n) is 9.32. The fourth-order valence-corrected chi connectivity index (χ4v) is 1.53. The number of amides is 1. The molecule has 1 amide bonds. The van der Waals surface area contributed by atoms with E-state index in [0.717, 1.165) is 6.08 Å². The van der Waals surface area contributed by atoms with E-state index >= 15 is 0 Å². The Morgan fingerprint density at radius 2 is 2.22 bits per heavy atom. The molecule has 0 unspecified atom stereocenters. The van der Waals surface area contributed by atoms with Gasteiger partial charge in [0.05, 0.1) is 7.11 Å². The predicted molar refractivity (Wildman–Crippen MR) is 65.0 cm³/mol. The van der Waals surface area contributed by atoms with Crippen molar-refractivity contribution in [1.82, 2.24) is 5.48 Å². The van der Waals surface area contributed by atoms with E-state index in [4.69, 9.17) is 0 Å². The molecule has 7 heteroatoms. The number of ether oxygens (including phenoxy) is 1. The van der Waals surface area contributed by atoms with E-state index in [-0.39, 0.29) is 5.75 Å². The molecule has 0 heterocycles. The fourth-order valence-electron chi connectivity index (χ4n) is 1.15. The quantitative estimate of drug-likeness (QED) is 0.670. The van der Waals surface area contributed by atoms with Crippen LogP contribution in [0.3, 0.4) is 0 Å². The first-order chi connectivity index (χ1) is 8.52. The first kappa shape index (κ1) is 14.6. The molecule has 0 spiro atoms. The van der Waals surface area contributed by atoms with Crippen LogP contribution in [-0.4, -0.2) is 19.6 Å². The Balaban J connectivity index is 2.91. The molecule has 0 aliphatic carbocycles. The molecule has 0 fully saturated rings. The van der Waals surface area contributed by atoms with Crippen molar-refractivity contribution in [3.63, 3.8) is 0 Å². The maximum atomic E-state index is 12.2. The summed E-state index contributed by atoms with van der Waals surface area (Å²) in [4.78, 5) is 15.5. The molecule has 0 radical (unpaired) electrons. The molecule has 0 aliphatic heterocycles. The van der Waals surface area contributed by atoms with Gasteiger partial charge in [-0.15, -0.1) is 0 Å². The van der Waals surface area contributed by atoms with Gasteiger partial charge in [0, 0.05) is 16.1 Å². The van der Waals surface area contributed by atoms with Crippen LogP contribution in [0.25, 0.3) is 6.08 Å². The minimum atomic E-state index is -2.92. The normalized spacial score (nSPS) is 10.9. The molecule has 0 aromatic heterocycles. The van der Waals surface area contributed by atoms with Crippen LogP contribution in [0.5, 0.6) is 5.75 Å². The van der Waals surface area contributed by atoms with Gasteiger partial charge in [0.25, 0.3) is 5.91 Å². The zero-order valence-corrected chi connectivity index (χ0v) is 10.9. The van der Waals surface area contributed by atoms with Crippen LogP contribution >= 0.6 is 15.9 Å². The minimum absolute atomic E-state index is 0.0188. The van der Waals surface area contributed by atoms with E-state index in [1.807, 2.05) is 0 Å². The number of alkyl halides is 2. The van der Waals surface area contributed by atoms with E-state index < -0.39 is 12.5 Å². The number of carbonyl (C=O) groups is 1. The number of nitrogens with one attached hydrogen (secondary N) is 1. The lowest BCUT2D eigenvalue weighted by atomic mass is 10.2. The second kappa shape index (κ2) is 7.07. The topological polar surface area (TPSA) is 47.6 Å². The molecule has 0 bridgehead atoms. The molecule has 4 nitrogen and oxygen atoms in total. The van der Waals surface area contributed by atoms with Crippen molar-refractivity contribution in [3.8, 4) is 5.75 Å². The highest BCUT2D eigenvalue weighted by Gasteiger charge is 2.08. The Bertz CT molecular complexity index is 452. The largest absolute Gasteiger partial charge is 0.434 e. The predicted octanol–water partition coefficient (Wildman–Crippen LogP) is 2.74. The summed E-state index contributed by atoms with van der Waals surface area (Å²) in [5, 5.41) is 0. The van der Waals surface area contributed by atoms with E-state index in [9.17, 15) is 13.6 Å². The van der Waals surface area contributed by atoms with Crippen molar-refractivity contribution < 1.29 is 23.1 Å². The van der Waals surface area contributed by atoms with Gasteiger partial charge in [-0.05, 0) is 24.3 Å². The summed E-state index contributed by atoms with van der Waals surface area (Å²) in [7, 11) is 1.29. The summed E-state index contributed by atoms with van der Waals surface area (Å²) in [6, 6.07) is 4.49. The van der Waals surface area contributed by atoms with E-state index in [1.165, 1.54) is 19.3 Å². The van der Waals surface area contributed by atoms with Gasteiger partial charge in [-0.25, -0.2) is 5.48 Å². The summed E-state index contributed by atoms with van der Waals surface area (Å²) in [5.41, 5.74) is 2.41. The average Bonchev–Trinajstić information content (AvgIpc) is 2.29. The average molecular weight is 322 g/mol. The number of hydrogen-bond donors (Lipinski definition) is 1. The highest BCUT2D eigenvalue weighted by Crippen LogP contribution is 2.25. The van der Waals surface area contributed by atoms with Gasteiger partial charge in [-0.2, -0.15) is 8.78 Å². The van der Waals surface area contributed by atoms with Crippen molar-refractivity contribution in [3.05, 3.63) is 34.3 Å². The SMILES string of the molecule is CONC(=O)C=Cc1cc(Br)ccc1OC(F)F. The standard InChI is InChI=1S/C11H10BrF2NO3/c1-17-15-10(16)5-2-7-6-8(12)3-4-9(7)18-11(13)14/h2-6,11H,1H3,(H,15,16). The molecule has 0 atom stereocenters. The second-order valence-electron chi connectivity index (χ2n) is 3.06. The van der Waals surface area contributed by atoms with Crippen LogP contribution in [-0.2, 0) is 9.63 Å². The van der Waals surface area contributed by atoms with Gasteiger partial charge in [0.2, 0.25) is 0 Å². The summed E-state index contributed by atoms with van der Waals surface area (Å²) >= 11 is 3.20. The molecular formula is C11H10BrF2NO3. The zero-order chi connectivity index (χ0) is 13.5. The van der Waals surface area contributed by atoms with E-state index in [2.05, 4.69) is 31.0 Å². The van der Waals surface area contributed by atoms with Gasteiger partial charge in [-0.3, -0.25) is 9.63 Å². The molecule has 98 valence electrons. The molecule has 0 aliphatic rings. The van der Waals surface area contributed by atoms with Gasteiger partial charge in [0.1, 0.15) is 5.75 Å². The van der Waals surface area contributed by atoms with E-state index in [0.29, 0.717) is 10.0 Å². The summed E-state index contributed by atoms with van der Waals surface area (Å²) < 4.78 is 29.3. The highest BCUT2D eigenvalue weighted by atomic mass is 79.9. The lowest BCUT2D eigenvalue weighted by molar-refractivity contribution is -0.126. The van der Waals surface area contributed by atoms with Crippen LogP contribution in [0.1, 0.15) is 5.56 Å². The van der Waals surface area contributed by atoms with Crippen LogP contribution < -0.4 is 10.2 Å². The Labute approximate surface area is 111 Å². The monoisotopic (exact) mass is 321 g/mol. The minimum Gasteiger partial charge on any atom is -0.434 e. The third-order valence-electron chi connectivity index (χ3n) is 1.80. The third-order valence-corrected chi connectivity index (χ3v) is 2.30. The van der Waals surface area contributed by atoms with Gasteiger partial charge in [0.15, 0.2) is 0 Å². The number of benzene rings is 1. The number of rotatable bonds is 5. The number of hydrogen-bond acceptors (Lipinski definition) is 3. The lowest BCUT2D eigenvalue weighted by Crippen LogP contribution is -2.18. The molecule has 1 aromatic carbocycles. The molecule has 1 rings (SSSR count). The van der Waals surface area contributed by atoms with Crippen molar-refractivity contribution in [2.75, 3.05) is 7.11 Å². The highest BCUT2D eigenvalue weighted by molar-refractivity contribution is 9.10. The summed E-state index contributed by atoms with van der Waals surface area (Å²) in [6.07, 6.45) is 2.49. The maximum Gasteiger partial charge on any atom is 0.387 e. The Morgan fingerprint density at radius 3 is 2.83 bits per heavy atom. The second-order valence-corrected chi connectivity index (χ2v) is 3.98. The summed E-state index contributed by atoms with van der Waals surface area (Å²) in [5.74, 6) is -0.532. The first-order valence-electron chi connectivity index (χ1n) is 4.78. The van der Waals surface area contributed by atoms with Crippen molar-refractivity contribution >= 4 is 27.9 Å². The lowest BCUT2D eigenvalue weighted by Gasteiger charge is -2.08. The molecule has 1 N–H and O–H groups in total. The van der Waals surface area contributed by atoms with Crippen LogP contribution in [0.2, 0.25) is 0 Å².